The minimum atomic E-state index is -1.73. The Morgan fingerprint density at radius 1 is 0.810 bits per heavy atom. The van der Waals surface area contributed by atoms with Crippen molar-refractivity contribution in [3.8, 4) is 0 Å². The van der Waals surface area contributed by atoms with Crippen molar-refractivity contribution in [2.75, 3.05) is 19.8 Å². The Morgan fingerprint density at radius 3 is 2.12 bits per heavy atom. The van der Waals surface area contributed by atoms with E-state index in [0.29, 0.717) is 12.8 Å². The molecular weight excluding hydrogens is 752 g/mol. The van der Waals surface area contributed by atoms with Gasteiger partial charge in [-0.1, -0.05) is 59.3 Å². The summed E-state index contributed by atoms with van der Waals surface area (Å²) in [5.41, 5.74) is 0.384. The van der Waals surface area contributed by atoms with Crippen LogP contribution in [0.5, 0.6) is 0 Å². The van der Waals surface area contributed by atoms with E-state index in [2.05, 4.69) is 46.8 Å². The maximum absolute atomic E-state index is 12.0. The molecule has 5 fully saturated rings. The van der Waals surface area contributed by atoms with Crippen LogP contribution in [-0.2, 0) is 28.5 Å². The molecule has 0 aromatic carbocycles. The number of allylic oxidation sites excluding steroid dienone is 3. The smallest absolute Gasteiger partial charge is 0.303 e. The number of fused-ring (bicyclic) bond motifs is 6. The fourth-order valence-corrected chi connectivity index (χ4v) is 13.4. The number of rotatable bonds is 8. The van der Waals surface area contributed by atoms with Crippen LogP contribution in [0.4, 0.5) is 0 Å². The lowest BCUT2D eigenvalue weighted by Gasteiger charge is -2.70. The van der Waals surface area contributed by atoms with Crippen molar-refractivity contribution in [1.29, 1.82) is 0 Å². The average molecular weight is 823 g/mol. The first-order valence-electron chi connectivity index (χ1n) is 21.5. The fourth-order valence-electron chi connectivity index (χ4n) is 13.4. The van der Waals surface area contributed by atoms with Gasteiger partial charge in [0.05, 0.1) is 38.1 Å². The Kier molecular flexibility index (Phi) is 11.8. The Labute approximate surface area is 342 Å². The molecule has 7 aliphatic rings. The molecule has 7 rings (SSSR count). The van der Waals surface area contributed by atoms with Crippen LogP contribution in [0, 0.1) is 44.3 Å². The van der Waals surface area contributed by atoms with E-state index in [0.717, 1.165) is 45.4 Å². The zero-order valence-corrected chi connectivity index (χ0v) is 35.5. The number of carbonyl (C=O) groups is 1. The summed E-state index contributed by atoms with van der Waals surface area (Å²) in [5.74, 6) is -0.661. The van der Waals surface area contributed by atoms with Gasteiger partial charge in [-0.15, -0.1) is 0 Å². The Balaban J connectivity index is 1.14. The summed E-state index contributed by atoms with van der Waals surface area (Å²) in [6, 6.07) is 0. The van der Waals surface area contributed by atoms with Gasteiger partial charge < -0.3 is 64.5 Å². The van der Waals surface area contributed by atoms with Crippen molar-refractivity contribution in [1.82, 2.24) is 0 Å². The van der Waals surface area contributed by atoms with E-state index in [1.165, 1.54) is 11.1 Å². The van der Waals surface area contributed by atoms with Crippen LogP contribution in [0.15, 0.2) is 23.3 Å². The lowest BCUT2D eigenvalue weighted by atomic mass is 9.35. The molecule has 14 heteroatoms. The molecule has 2 aliphatic heterocycles. The first-order valence-corrected chi connectivity index (χ1v) is 21.5. The summed E-state index contributed by atoms with van der Waals surface area (Å²) < 4.78 is 29.5. The molecule has 2 saturated heterocycles. The van der Waals surface area contributed by atoms with Crippen molar-refractivity contribution in [2.24, 2.45) is 44.3 Å². The molecule has 14 nitrogen and oxygen atoms in total. The van der Waals surface area contributed by atoms with Gasteiger partial charge in [-0.25, -0.2) is 0 Å². The lowest BCUT2D eigenvalue weighted by molar-refractivity contribution is -0.367. The van der Waals surface area contributed by atoms with Crippen molar-refractivity contribution in [3.63, 3.8) is 0 Å². The van der Waals surface area contributed by atoms with Crippen LogP contribution in [0.1, 0.15) is 107 Å². The largest absolute Gasteiger partial charge is 0.457 e. The lowest BCUT2D eigenvalue weighted by Crippen LogP contribution is -2.67. The Morgan fingerprint density at radius 2 is 1.48 bits per heavy atom. The van der Waals surface area contributed by atoms with Gasteiger partial charge in [-0.2, -0.15) is 0 Å². The number of aliphatic hydroxyl groups is 8. The summed E-state index contributed by atoms with van der Waals surface area (Å²) in [6.45, 7) is 15.4. The van der Waals surface area contributed by atoms with E-state index in [9.17, 15) is 45.6 Å². The van der Waals surface area contributed by atoms with E-state index >= 15 is 0 Å². The van der Waals surface area contributed by atoms with Crippen molar-refractivity contribution >= 4 is 5.97 Å². The van der Waals surface area contributed by atoms with E-state index in [4.69, 9.17) is 23.7 Å². The van der Waals surface area contributed by atoms with Gasteiger partial charge in [0.1, 0.15) is 36.6 Å². The molecule has 0 bridgehead atoms. The molecule has 58 heavy (non-hydrogen) atoms. The molecule has 0 aromatic rings. The molecule has 0 radical (unpaired) electrons. The molecule has 5 aliphatic carbocycles. The predicted octanol–water partition coefficient (Wildman–Crippen LogP) is 2.25. The third-order valence-corrected chi connectivity index (χ3v) is 17.1. The van der Waals surface area contributed by atoms with Gasteiger partial charge in [0, 0.05) is 23.2 Å². The normalized spacial score (nSPS) is 52.6. The predicted molar refractivity (Wildman–Crippen MR) is 208 cm³/mol. The van der Waals surface area contributed by atoms with Gasteiger partial charge in [0.2, 0.25) is 0 Å². The molecule has 0 unspecified atom stereocenters. The first-order chi connectivity index (χ1) is 27.1. The zero-order chi connectivity index (χ0) is 42.5. The zero-order valence-electron chi connectivity index (χ0n) is 35.5. The SMILES string of the molecule is CC(=O)O[C@@H]1[C@@H](O)[C@H](O[C@H]2[C@@H](O)[C@@H](C)O[C@@H](O[C@H]3CC[C@@]4(C)[C@@H](CC[C@]5(C)[C@@H]4C=CC4=C6CC(C)(C)CC[C@]6(CO)[C@H](O)C[C@]45C)[C@]3(C)CO)[C@@H]2O)O[C@H](CO)[C@H]1O. The van der Waals surface area contributed by atoms with E-state index in [-0.39, 0.29) is 46.7 Å². The molecule has 19 atom stereocenters. The van der Waals surface area contributed by atoms with Crippen LogP contribution >= 0.6 is 0 Å². The van der Waals surface area contributed by atoms with E-state index in [1.807, 2.05) is 6.92 Å². The van der Waals surface area contributed by atoms with Crippen LogP contribution in [0.3, 0.4) is 0 Å². The van der Waals surface area contributed by atoms with Gasteiger partial charge in [0.25, 0.3) is 0 Å². The van der Waals surface area contributed by atoms with E-state index < -0.39 is 97.0 Å². The maximum atomic E-state index is 12.0. The first kappa shape index (κ1) is 44.5. The van der Waals surface area contributed by atoms with E-state index in [1.54, 1.807) is 6.92 Å². The molecule has 0 spiro atoms. The third-order valence-electron chi connectivity index (χ3n) is 17.1. The Bertz CT molecular complexity index is 1620. The fraction of sp³-hybridized carbons (Fsp3) is 0.886. The second kappa shape index (κ2) is 15.4. The van der Waals surface area contributed by atoms with Crippen molar-refractivity contribution in [2.45, 2.75) is 180 Å². The second-order valence-electron chi connectivity index (χ2n) is 20.9. The third kappa shape index (κ3) is 6.61. The van der Waals surface area contributed by atoms with Gasteiger partial charge in [-0.05, 0) is 91.9 Å². The highest BCUT2D eigenvalue weighted by molar-refractivity contribution is 5.66. The standard InChI is InChI=1S/C44H70O14/c1-22-31(50)35(58-38-34(53)36(55-23(2)48)32(51)26(19-45)56-38)33(52)37(54-22)57-30-12-13-40(5)27(41(30,6)20-46)11-14-42(7)28(40)10-9-24-25-17-39(3,4)15-16-44(25,21-47)29(49)18-43(24,42)8/h9-10,22,26-38,45-47,49-53H,11-21H2,1-8H3/t22-,26-,27-,28-,29-,30+,31+,32-,33-,34-,35+,36+,37+,38+,40+,41+,42-,43-,44-/m1/s1. The topological polar surface area (TPSA) is 225 Å². The minimum Gasteiger partial charge on any atom is -0.457 e. The minimum absolute atomic E-state index is 0.00423. The Hall–Kier alpha value is -1.53. The molecule has 0 aromatic heterocycles. The van der Waals surface area contributed by atoms with Crippen LogP contribution in [-0.4, -0.2) is 140 Å². The summed E-state index contributed by atoms with van der Waals surface area (Å²) in [4.78, 5) is 11.8. The van der Waals surface area contributed by atoms with Crippen LogP contribution < -0.4 is 0 Å². The van der Waals surface area contributed by atoms with Crippen LogP contribution in [0.2, 0.25) is 0 Å². The molecule has 3 saturated carbocycles. The molecule has 330 valence electrons. The molecule has 0 amide bonds. The van der Waals surface area contributed by atoms with Crippen molar-refractivity contribution in [3.05, 3.63) is 23.3 Å². The summed E-state index contributed by atoms with van der Waals surface area (Å²) in [6.07, 6.45) is -4.78. The highest BCUT2D eigenvalue weighted by Gasteiger charge is 2.69. The molecule has 8 N–H and O–H groups in total. The highest BCUT2D eigenvalue weighted by Crippen LogP contribution is 2.74. The summed E-state index contributed by atoms with van der Waals surface area (Å²) in [5, 5.41) is 88.6. The second-order valence-corrected chi connectivity index (χ2v) is 20.9. The summed E-state index contributed by atoms with van der Waals surface area (Å²) >= 11 is 0. The van der Waals surface area contributed by atoms with Gasteiger partial charge in [-0.3, -0.25) is 4.79 Å². The average Bonchev–Trinajstić information content (AvgIpc) is 3.16. The monoisotopic (exact) mass is 822 g/mol. The van der Waals surface area contributed by atoms with Crippen molar-refractivity contribution < 1.29 is 69.3 Å². The number of hydrogen-bond acceptors (Lipinski definition) is 14. The quantitative estimate of drug-likeness (QED) is 0.130. The number of carbonyl (C=O) groups excluding carboxylic acids is 1. The number of hydrogen-bond donors (Lipinski definition) is 8. The number of aliphatic hydroxyl groups excluding tert-OH is 8. The van der Waals surface area contributed by atoms with Gasteiger partial charge in [0.15, 0.2) is 18.7 Å². The summed E-state index contributed by atoms with van der Waals surface area (Å²) in [7, 11) is 0. The molecule has 2 heterocycles. The van der Waals surface area contributed by atoms with Crippen LogP contribution in [0.25, 0.3) is 0 Å². The number of ether oxygens (including phenoxy) is 5. The van der Waals surface area contributed by atoms with Gasteiger partial charge >= 0.3 is 5.97 Å². The number of esters is 1. The highest BCUT2D eigenvalue weighted by atomic mass is 16.7. The maximum Gasteiger partial charge on any atom is 0.303 e. The molecular formula is C44H70O14.